The van der Waals surface area contributed by atoms with Crippen LogP contribution < -0.4 is 4.74 Å². The van der Waals surface area contributed by atoms with Crippen LogP contribution in [0, 0.1) is 0 Å². The van der Waals surface area contributed by atoms with E-state index in [0.717, 1.165) is 29.4 Å². The molecule has 0 saturated carbocycles. The van der Waals surface area contributed by atoms with Crippen LogP contribution in [0.5, 0.6) is 11.5 Å². The highest BCUT2D eigenvalue weighted by Crippen LogP contribution is 2.50. The predicted molar refractivity (Wildman–Crippen MR) is 45.5 cm³/mol. The van der Waals surface area contributed by atoms with Crippen molar-refractivity contribution in [1.82, 2.24) is 0 Å². The van der Waals surface area contributed by atoms with Gasteiger partial charge >= 0.3 is 0 Å². The average molecular weight is 169 g/mol. The van der Waals surface area contributed by atoms with Gasteiger partial charge in [-0.05, 0) is 18.6 Å². The molecule has 1 aliphatic heterocycles. The third-order valence-corrected chi connectivity index (χ3v) is 2.19. The quantitative estimate of drug-likeness (QED) is 0.627. The lowest BCUT2D eigenvalue weighted by atomic mass is 10.1. The average Bonchev–Trinajstić information content (AvgIpc) is 2.74. The number of benzene rings is 1. The molecule has 58 valence electrons. The molecule has 0 atom stereocenters. The Labute approximate surface area is 70.9 Å². The van der Waals surface area contributed by atoms with Crippen molar-refractivity contribution in [2.75, 3.05) is 0 Å². The van der Waals surface area contributed by atoms with E-state index in [-0.39, 0.29) is 0 Å². The SMILES string of the molecule is CCCc1c(Cl)ccc2c1O2. The normalized spacial score (nSPS) is 12.2. The third kappa shape index (κ3) is 1.10. The van der Waals surface area contributed by atoms with Crippen LogP contribution in [0.15, 0.2) is 12.1 Å². The molecule has 0 aromatic heterocycles. The van der Waals surface area contributed by atoms with Gasteiger partial charge in [0.25, 0.3) is 0 Å². The Morgan fingerprint density at radius 1 is 1.45 bits per heavy atom. The summed E-state index contributed by atoms with van der Waals surface area (Å²) < 4.78 is 5.22. The molecule has 0 aliphatic carbocycles. The second-order valence-electron chi connectivity index (χ2n) is 2.71. The van der Waals surface area contributed by atoms with E-state index in [1.165, 1.54) is 5.56 Å². The molecular weight excluding hydrogens is 160 g/mol. The zero-order valence-electron chi connectivity index (χ0n) is 6.36. The summed E-state index contributed by atoms with van der Waals surface area (Å²) in [5.74, 6) is 2.01. The van der Waals surface area contributed by atoms with Crippen molar-refractivity contribution in [2.45, 2.75) is 19.8 Å². The fraction of sp³-hybridized carbons (Fsp3) is 0.333. The Morgan fingerprint density at radius 2 is 2.27 bits per heavy atom. The first kappa shape index (κ1) is 6.99. The van der Waals surface area contributed by atoms with Gasteiger partial charge in [0.15, 0.2) is 11.5 Å². The molecule has 0 bridgehead atoms. The minimum Gasteiger partial charge on any atom is -0.449 e. The molecule has 0 N–H and O–H groups in total. The van der Waals surface area contributed by atoms with Gasteiger partial charge < -0.3 is 4.74 Å². The van der Waals surface area contributed by atoms with Gasteiger partial charge in [0.2, 0.25) is 0 Å². The van der Waals surface area contributed by atoms with Crippen LogP contribution in [-0.2, 0) is 6.42 Å². The summed E-state index contributed by atoms with van der Waals surface area (Å²) in [7, 11) is 0. The van der Waals surface area contributed by atoms with Gasteiger partial charge in [0, 0.05) is 10.6 Å². The monoisotopic (exact) mass is 168 g/mol. The summed E-state index contributed by atoms with van der Waals surface area (Å²) >= 11 is 5.96. The van der Waals surface area contributed by atoms with Crippen molar-refractivity contribution < 1.29 is 4.74 Å². The summed E-state index contributed by atoms with van der Waals surface area (Å²) in [5, 5.41) is 0.836. The molecule has 11 heavy (non-hydrogen) atoms. The molecule has 2 rings (SSSR count). The Balaban J connectivity index is 2.39. The number of halogens is 1. The van der Waals surface area contributed by atoms with Gasteiger partial charge in [-0.15, -0.1) is 0 Å². The van der Waals surface area contributed by atoms with E-state index in [1.54, 1.807) is 0 Å². The first-order chi connectivity index (χ1) is 5.33. The Hall–Kier alpha value is -0.690. The second-order valence-corrected chi connectivity index (χ2v) is 3.11. The van der Waals surface area contributed by atoms with Crippen molar-refractivity contribution in [1.29, 1.82) is 0 Å². The molecule has 0 unspecified atom stereocenters. The van der Waals surface area contributed by atoms with E-state index in [9.17, 15) is 0 Å². The standard InChI is InChI=1S/C9H9ClO/c1-2-3-6-7(10)4-5-8-9(6)11-8/h4-5H,2-3H2,1H3. The van der Waals surface area contributed by atoms with Crippen molar-refractivity contribution in [3.05, 3.63) is 22.7 Å². The van der Waals surface area contributed by atoms with Crippen LogP contribution in [0.4, 0.5) is 0 Å². The Morgan fingerprint density at radius 3 is 3.00 bits per heavy atom. The number of hydrogen-bond acceptors (Lipinski definition) is 1. The molecule has 1 aromatic carbocycles. The van der Waals surface area contributed by atoms with Crippen molar-refractivity contribution in [2.24, 2.45) is 0 Å². The maximum Gasteiger partial charge on any atom is 0.174 e. The third-order valence-electron chi connectivity index (χ3n) is 1.84. The highest BCUT2D eigenvalue weighted by atomic mass is 35.5. The lowest BCUT2D eigenvalue weighted by Gasteiger charge is -1.95. The van der Waals surface area contributed by atoms with Crippen LogP contribution >= 0.6 is 11.6 Å². The highest BCUT2D eigenvalue weighted by Gasteiger charge is 2.25. The number of fused-ring (bicyclic) bond motifs is 1. The van der Waals surface area contributed by atoms with Gasteiger partial charge in [-0.2, -0.15) is 0 Å². The maximum absolute atomic E-state index is 5.96. The lowest BCUT2D eigenvalue weighted by Crippen LogP contribution is -1.80. The van der Waals surface area contributed by atoms with Gasteiger partial charge in [0.05, 0.1) is 0 Å². The minimum atomic E-state index is 0.836. The highest BCUT2D eigenvalue weighted by molar-refractivity contribution is 6.31. The minimum absolute atomic E-state index is 0.836. The molecule has 1 aromatic rings. The van der Waals surface area contributed by atoms with E-state index >= 15 is 0 Å². The van der Waals surface area contributed by atoms with E-state index in [1.807, 2.05) is 12.1 Å². The zero-order valence-corrected chi connectivity index (χ0v) is 7.11. The van der Waals surface area contributed by atoms with Crippen molar-refractivity contribution >= 4 is 11.6 Å². The number of ether oxygens (including phenoxy) is 1. The smallest absolute Gasteiger partial charge is 0.174 e. The van der Waals surface area contributed by atoms with E-state index in [0.29, 0.717) is 0 Å². The molecule has 1 heterocycles. The van der Waals surface area contributed by atoms with Crippen LogP contribution in [0.1, 0.15) is 18.9 Å². The first-order valence-corrected chi connectivity index (χ1v) is 4.20. The van der Waals surface area contributed by atoms with Crippen LogP contribution in [0.3, 0.4) is 0 Å². The van der Waals surface area contributed by atoms with Crippen LogP contribution in [0.25, 0.3) is 0 Å². The largest absolute Gasteiger partial charge is 0.449 e. The zero-order chi connectivity index (χ0) is 7.84. The van der Waals surface area contributed by atoms with Gasteiger partial charge in [0.1, 0.15) is 0 Å². The van der Waals surface area contributed by atoms with E-state index < -0.39 is 0 Å². The molecular formula is C9H9ClO. The summed E-state index contributed by atoms with van der Waals surface area (Å²) in [6.07, 6.45) is 2.13. The van der Waals surface area contributed by atoms with E-state index in [2.05, 4.69) is 6.92 Å². The molecule has 0 amide bonds. The number of hydrogen-bond donors (Lipinski definition) is 0. The van der Waals surface area contributed by atoms with Crippen molar-refractivity contribution in [3.8, 4) is 11.5 Å². The van der Waals surface area contributed by atoms with Gasteiger partial charge in [-0.25, -0.2) is 0 Å². The second kappa shape index (κ2) is 2.42. The fourth-order valence-corrected chi connectivity index (χ4v) is 1.49. The lowest BCUT2D eigenvalue weighted by molar-refractivity contribution is 0.642. The molecule has 0 fully saturated rings. The van der Waals surface area contributed by atoms with Gasteiger partial charge in [-0.3, -0.25) is 0 Å². The molecule has 1 nitrogen and oxygen atoms in total. The van der Waals surface area contributed by atoms with E-state index in [4.69, 9.17) is 16.3 Å². The van der Waals surface area contributed by atoms with Crippen LogP contribution in [0.2, 0.25) is 5.02 Å². The summed E-state index contributed by atoms with van der Waals surface area (Å²) in [4.78, 5) is 0. The molecule has 0 saturated heterocycles. The maximum atomic E-state index is 5.96. The summed E-state index contributed by atoms with van der Waals surface area (Å²) in [6.45, 7) is 2.14. The summed E-state index contributed by atoms with van der Waals surface area (Å²) in [5.41, 5.74) is 1.17. The topological polar surface area (TPSA) is 12.5 Å². The van der Waals surface area contributed by atoms with Crippen LogP contribution in [-0.4, -0.2) is 0 Å². The molecule has 1 aliphatic rings. The first-order valence-electron chi connectivity index (χ1n) is 3.82. The molecule has 0 spiro atoms. The molecule has 0 radical (unpaired) electrons. The summed E-state index contributed by atoms with van der Waals surface area (Å²) in [6, 6.07) is 3.81. The molecule has 2 heteroatoms. The van der Waals surface area contributed by atoms with Crippen molar-refractivity contribution in [3.63, 3.8) is 0 Å². The Bertz CT molecular complexity index is 290. The number of rotatable bonds is 2. The Kier molecular flexibility index (Phi) is 1.53. The van der Waals surface area contributed by atoms with Gasteiger partial charge in [-0.1, -0.05) is 24.9 Å². The predicted octanol–water partition coefficient (Wildman–Crippen LogP) is 3.40. The fourth-order valence-electron chi connectivity index (χ4n) is 1.25.